The number of carboxylic acid groups (broad SMARTS) is 1. The van der Waals surface area contributed by atoms with Crippen LogP contribution < -0.4 is 27.4 Å². The highest BCUT2D eigenvalue weighted by Crippen LogP contribution is 2.12. The number of aromatic hydroxyl groups is 1. The molecule has 0 saturated carbocycles. The van der Waals surface area contributed by atoms with Gasteiger partial charge < -0.3 is 37.6 Å². The van der Waals surface area contributed by atoms with Gasteiger partial charge in [-0.3, -0.25) is 19.2 Å². The third-order valence-corrected chi connectivity index (χ3v) is 5.29. The highest BCUT2D eigenvalue weighted by Gasteiger charge is 2.31. The largest absolute Gasteiger partial charge is 0.508 e. The number of hydrogen-bond acceptors (Lipinski definition) is 7. The summed E-state index contributed by atoms with van der Waals surface area (Å²) in [5, 5.41) is 25.7. The summed E-state index contributed by atoms with van der Waals surface area (Å²) in [5.41, 5.74) is 11.7. The predicted octanol–water partition coefficient (Wildman–Crippen LogP) is -1.26. The molecule has 0 heterocycles. The van der Waals surface area contributed by atoms with E-state index in [1.54, 1.807) is 19.1 Å². The zero-order valence-corrected chi connectivity index (χ0v) is 19.4. The Balaban J connectivity index is 2.80. The summed E-state index contributed by atoms with van der Waals surface area (Å²) in [6.07, 6.45) is 0.105. The van der Waals surface area contributed by atoms with Crippen molar-refractivity contribution in [2.45, 2.75) is 64.2 Å². The van der Waals surface area contributed by atoms with Crippen molar-refractivity contribution in [2.24, 2.45) is 17.4 Å². The molecule has 0 fully saturated rings. The van der Waals surface area contributed by atoms with Crippen LogP contribution in [0.5, 0.6) is 5.75 Å². The Bertz CT molecular complexity index is 890. The maximum atomic E-state index is 12.8. The number of amides is 4. The molecule has 188 valence electrons. The number of carbonyl (C=O) groups is 5. The molecule has 0 aliphatic heterocycles. The molecule has 12 heteroatoms. The normalized spacial score (nSPS) is 15.2. The van der Waals surface area contributed by atoms with Crippen molar-refractivity contribution in [1.82, 2.24) is 16.0 Å². The molecule has 1 aromatic carbocycles. The molecule has 12 nitrogen and oxygen atoms in total. The van der Waals surface area contributed by atoms with E-state index < -0.39 is 60.2 Å². The van der Waals surface area contributed by atoms with E-state index >= 15 is 0 Å². The van der Waals surface area contributed by atoms with E-state index in [9.17, 15) is 29.1 Å². The van der Waals surface area contributed by atoms with Crippen molar-refractivity contribution in [1.29, 1.82) is 0 Å². The van der Waals surface area contributed by atoms with E-state index in [1.165, 1.54) is 19.1 Å². The Morgan fingerprint density at radius 3 is 2.03 bits per heavy atom. The number of carbonyl (C=O) groups excluding carboxylic acids is 4. The molecule has 0 aromatic heterocycles. The molecule has 0 aliphatic carbocycles. The number of carboxylic acids is 1. The Morgan fingerprint density at radius 1 is 0.941 bits per heavy atom. The molecule has 5 atom stereocenters. The molecule has 0 bridgehead atoms. The number of benzene rings is 1. The lowest BCUT2D eigenvalue weighted by Gasteiger charge is -2.27. The Kier molecular flexibility index (Phi) is 11.0. The minimum Gasteiger partial charge on any atom is -0.508 e. The number of phenolic OH excluding ortho intramolecular Hbond substituents is 1. The average molecular weight is 480 g/mol. The van der Waals surface area contributed by atoms with Gasteiger partial charge in [-0.2, -0.15) is 0 Å². The van der Waals surface area contributed by atoms with Crippen LogP contribution in [0.4, 0.5) is 0 Å². The van der Waals surface area contributed by atoms with Crippen molar-refractivity contribution in [3.63, 3.8) is 0 Å². The second-order valence-electron chi connectivity index (χ2n) is 8.15. The fourth-order valence-electron chi connectivity index (χ4n) is 3.01. The molecule has 5 unspecified atom stereocenters. The van der Waals surface area contributed by atoms with Crippen LogP contribution in [-0.4, -0.2) is 64.0 Å². The fourth-order valence-corrected chi connectivity index (χ4v) is 3.01. The maximum absolute atomic E-state index is 12.8. The van der Waals surface area contributed by atoms with Gasteiger partial charge in [0, 0.05) is 0 Å². The number of hydrogen-bond donors (Lipinski definition) is 7. The molecule has 9 N–H and O–H groups in total. The highest BCUT2D eigenvalue weighted by molar-refractivity contribution is 5.94. The zero-order chi connectivity index (χ0) is 26.0. The first kappa shape index (κ1) is 28.4. The van der Waals surface area contributed by atoms with E-state index in [0.717, 1.165) is 5.56 Å². The summed E-state index contributed by atoms with van der Waals surface area (Å²) >= 11 is 0. The van der Waals surface area contributed by atoms with Gasteiger partial charge in [0.25, 0.3) is 0 Å². The van der Waals surface area contributed by atoms with Crippen molar-refractivity contribution in [3.05, 3.63) is 29.8 Å². The Morgan fingerprint density at radius 2 is 1.53 bits per heavy atom. The molecule has 0 saturated heterocycles. The van der Waals surface area contributed by atoms with Gasteiger partial charge in [0.05, 0.1) is 12.5 Å². The van der Waals surface area contributed by atoms with Gasteiger partial charge in [0.2, 0.25) is 23.6 Å². The summed E-state index contributed by atoms with van der Waals surface area (Å²) in [5.74, 6) is -4.63. The minimum atomic E-state index is -1.53. The third-order valence-electron chi connectivity index (χ3n) is 5.29. The van der Waals surface area contributed by atoms with Gasteiger partial charge >= 0.3 is 5.97 Å². The molecular weight excluding hydrogens is 446 g/mol. The fraction of sp³-hybridized carbons (Fsp3) is 0.500. The van der Waals surface area contributed by atoms with Gasteiger partial charge in [-0.25, -0.2) is 4.79 Å². The average Bonchev–Trinajstić information content (AvgIpc) is 2.77. The summed E-state index contributed by atoms with van der Waals surface area (Å²) in [7, 11) is 0. The summed E-state index contributed by atoms with van der Waals surface area (Å²) in [6, 6.07) is 1.55. The van der Waals surface area contributed by atoms with E-state index in [-0.39, 0.29) is 18.1 Å². The quantitative estimate of drug-likeness (QED) is 0.181. The van der Waals surface area contributed by atoms with Crippen molar-refractivity contribution in [3.8, 4) is 5.75 Å². The number of aliphatic carboxylic acids is 1. The van der Waals surface area contributed by atoms with Crippen molar-refractivity contribution in [2.75, 3.05) is 0 Å². The zero-order valence-electron chi connectivity index (χ0n) is 19.4. The van der Waals surface area contributed by atoms with E-state index in [2.05, 4.69) is 16.0 Å². The number of primary amides is 1. The summed E-state index contributed by atoms with van der Waals surface area (Å²) < 4.78 is 0. The lowest BCUT2D eigenvalue weighted by Crippen LogP contribution is -2.58. The standard InChI is InChI=1S/C22H33N5O7/c1-4-11(2)18(27-20(31)15(23)9-13-5-7-14(28)8-6-13)21(32)25-12(3)19(30)26-16(22(33)34)10-17(24)29/h5-8,11-12,15-16,18,28H,4,9-10,23H2,1-3H3,(H2,24,29)(H,25,32)(H,26,30)(H,27,31)(H,33,34). The van der Waals surface area contributed by atoms with Crippen LogP contribution in [0.1, 0.15) is 39.2 Å². The number of nitrogens with two attached hydrogens (primary N) is 2. The lowest BCUT2D eigenvalue weighted by atomic mass is 9.97. The van der Waals surface area contributed by atoms with Gasteiger partial charge in [0.15, 0.2) is 0 Å². The third kappa shape index (κ3) is 9.06. The van der Waals surface area contributed by atoms with Crippen LogP contribution in [0.3, 0.4) is 0 Å². The van der Waals surface area contributed by atoms with Gasteiger partial charge in [0.1, 0.15) is 23.9 Å². The first-order valence-corrected chi connectivity index (χ1v) is 10.8. The van der Waals surface area contributed by atoms with Gasteiger partial charge in [-0.1, -0.05) is 32.4 Å². The molecule has 0 radical (unpaired) electrons. The van der Waals surface area contributed by atoms with E-state index in [1.807, 2.05) is 6.92 Å². The second-order valence-corrected chi connectivity index (χ2v) is 8.15. The summed E-state index contributed by atoms with van der Waals surface area (Å²) in [6.45, 7) is 4.90. The smallest absolute Gasteiger partial charge is 0.326 e. The number of rotatable bonds is 13. The van der Waals surface area contributed by atoms with Crippen molar-refractivity contribution < 1.29 is 34.2 Å². The molecule has 0 aliphatic rings. The molecule has 1 aromatic rings. The Hall–Kier alpha value is -3.67. The number of phenols is 1. The molecule has 1 rings (SSSR count). The first-order chi connectivity index (χ1) is 15.8. The molecular formula is C22H33N5O7. The molecule has 4 amide bonds. The SMILES string of the molecule is CCC(C)C(NC(=O)C(N)Cc1ccc(O)cc1)C(=O)NC(C)C(=O)NC(CC(N)=O)C(=O)O. The second kappa shape index (κ2) is 13.1. The topological polar surface area (TPSA) is 214 Å². The highest BCUT2D eigenvalue weighted by atomic mass is 16.4. The van der Waals surface area contributed by atoms with Crippen LogP contribution >= 0.6 is 0 Å². The first-order valence-electron chi connectivity index (χ1n) is 10.8. The monoisotopic (exact) mass is 479 g/mol. The number of nitrogens with one attached hydrogen (secondary N) is 3. The van der Waals surface area contributed by atoms with Crippen molar-refractivity contribution >= 4 is 29.6 Å². The van der Waals surface area contributed by atoms with E-state index in [4.69, 9.17) is 16.6 Å². The molecule has 0 spiro atoms. The minimum absolute atomic E-state index is 0.0812. The predicted molar refractivity (Wildman–Crippen MR) is 122 cm³/mol. The maximum Gasteiger partial charge on any atom is 0.326 e. The lowest BCUT2D eigenvalue weighted by molar-refractivity contribution is -0.143. The summed E-state index contributed by atoms with van der Waals surface area (Å²) in [4.78, 5) is 60.0. The van der Waals surface area contributed by atoms with Gasteiger partial charge in [-0.05, 0) is 37.0 Å². The molecule has 34 heavy (non-hydrogen) atoms. The van der Waals surface area contributed by atoms with E-state index in [0.29, 0.717) is 6.42 Å². The van der Waals surface area contributed by atoms with Crippen LogP contribution in [0.2, 0.25) is 0 Å². The van der Waals surface area contributed by atoms with Gasteiger partial charge in [-0.15, -0.1) is 0 Å². The van der Waals surface area contributed by atoms with Crippen LogP contribution in [0, 0.1) is 5.92 Å². The Labute approximate surface area is 197 Å². The van der Waals surface area contributed by atoms with Crippen LogP contribution in [0.25, 0.3) is 0 Å². The van der Waals surface area contributed by atoms with Crippen LogP contribution in [-0.2, 0) is 30.4 Å². The van der Waals surface area contributed by atoms with Crippen LogP contribution in [0.15, 0.2) is 24.3 Å².